The van der Waals surface area contributed by atoms with Gasteiger partial charge in [0.15, 0.2) is 0 Å². The summed E-state index contributed by atoms with van der Waals surface area (Å²) in [5, 5.41) is 14.3. The van der Waals surface area contributed by atoms with E-state index >= 15 is 0 Å². The molecular weight excluding hydrogens is 274 g/mol. The first kappa shape index (κ1) is 12.8. The molecule has 5 nitrogen and oxygen atoms in total. The molecule has 3 heterocycles. The molecule has 0 atom stereocenters. The number of aromatic nitrogens is 3. The maximum atomic E-state index is 8.88. The Morgan fingerprint density at radius 1 is 1.27 bits per heavy atom. The zero-order valence-electron chi connectivity index (χ0n) is 12.3. The smallest absolute Gasteiger partial charge is 0.102 e. The monoisotopic (exact) mass is 289 g/mol. The van der Waals surface area contributed by atoms with Crippen LogP contribution in [0.25, 0.3) is 10.9 Å². The Bertz CT molecular complexity index is 883. The number of aryl methyl sites for hydroxylation is 1. The zero-order chi connectivity index (χ0) is 15.1. The fraction of sp³-hybridized carbons (Fsp3) is 0.235. The normalized spacial score (nSPS) is 14.8. The van der Waals surface area contributed by atoms with E-state index in [4.69, 9.17) is 5.26 Å². The SMILES string of the molecule is Cc1cc(N2CC(n3cc(C#N)cn3)C2)c2ccccc2n1. The van der Waals surface area contributed by atoms with Crippen LogP contribution in [-0.4, -0.2) is 27.9 Å². The van der Waals surface area contributed by atoms with Gasteiger partial charge in [0.2, 0.25) is 0 Å². The lowest BCUT2D eigenvalue weighted by Gasteiger charge is -2.41. The minimum atomic E-state index is 0.328. The summed E-state index contributed by atoms with van der Waals surface area (Å²) in [6.45, 7) is 3.83. The number of benzene rings is 1. The van der Waals surface area contributed by atoms with Gasteiger partial charge in [0.05, 0.1) is 23.3 Å². The molecule has 2 aromatic heterocycles. The van der Waals surface area contributed by atoms with Gasteiger partial charge in [-0.3, -0.25) is 9.67 Å². The molecule has 22 heavy (non-hydrogen) atoms. The van der Waals surface area contributed by atoms with Crippen LogP contribution in [0.3, 0.4) is 0 Å². The van der Waals surface area contributed by atoms with Crippen molar-refractivity contribution in [3.05, 3.63) is 54.0 Å². The zero-order valence-corrected chi connectivity index (χ0v) is 12.3. The first-order valence-electron chi connectivity index (χ1n) is 7.30. The van der Waals surface area contributed by atoms with E-state index in [1.54, 1.807) is 6.20 Å². The number of fused-ring (bicyclic) bond motifs is 1. The number of anilines is 1. The van der Waals surface area contributed by atoms with E-state index in [0.29, 0.717) is 11.6 Å². The molecule has 0 unspecified atom stereocenters. The van der Waals surface area contributed by atoms with Crippen LogP contribution in [0.4, 0.5) is 5.69 Å². The van der Waals surface area contributed by atoms with Crippen LogP contribution >= 0.6 is 0 Å². The van der Waals surface area contributed by atoms with Gasteiger partial charge in [-0.1, -0.05) is 18.2 Å². The second-order valence-electron chi connectivity index (χ2n) is 5.68. The van der Waals surface area contributed by atoms with Crippen LogP contribution in [-0.2, 0) is 0 Å². The molecule has 0 saturated carbocycles. The van der Waals surface area contributed by atoms with Crippen molar-refractivity contribution in [2.24, 2.45) is 0 Å². The standard InChI is InChI=1S/C17H15N5/c1-12-6-17(15-4-2-3-5-16(15)20-12)21-10-14(11-21)22-9-13(7-18)8-19-22/h2-6,8-9,14H,10-11H2,1H3. The summed E-state index contributed by atoms with van der Waals surface area (Å²) >= 11 is 0. The number of hydrogen-bond acceptors (Lipinski definition) is 4. The average molecular weight is 289 g/mol. The second-order valence-corrected chi connectivity index (χ2v) is 5.68. The molecule has 0 radical (unpaired) electrons. The number of nitrogens with zero attached hydrogens (tertiary/aromatic N) is 5. The predicted molar refractivity (Wildman–Crippen MR) is 84.7 cm³/mol. The van der Waals surface area contributed by atoms with E-state index in [1.165, 1.54) is 11.1 Å². The van der Waals surface area contributed by atoms with Crippen molar-refractivity contribution in [2.45, 2.75) is 13.0 Å². The number of rotatable bonds is 2. The number of pyridine rings is 1. The molecule has 0 amide bonds. The molecule has 4 rings (SSSR count). The van der Waals surface area contributed by atoms with Crippen molar-refractivity contribution < 1.29 is 0 Å². The third-order valence-corrected chi connectivity index (χ3v) is 4.13. The van der Waals surface area contributed by atoms with E-state index in [-0.39, 0.29) is 0 Å². The van der Waals surface area contributed by atoms with Gasteiger partial charge in [0.25, 0.3) is 0 Å². The maximum Gasteiger partial charge on any atom is 0.102 e. The molecule has 0 bridgehead atoms. The minimum Gasteiger partial charge on any atom is -0.366 e. The summed E-state index contributed by atoms with van der Waals surface area (Å²) in [4.78, 5) is 6.93. The summed E-state index contributed by atoms with van der Waals surface area (Å²) in [7, 11) is 0. The van der Waals surface area contributed by atoms with Gasteiger partial charge in [0, 0.05) is 36.1 Å². The Labute approximate surface area is 128 Å². The fourth-order valence-electron chi connectivity index (χ4n) is 2.96. The van der Waals surface area contributed by atoms with Crippen molar-refractivity contribution in [2.75, 3.05) is 18.0 Å². The molecule has 1 saturated heterocycles. The topological polar surface area (TPSA) is 57.7 Å². The van der Waals surface area contributed by atoms with Gasteiger partial charge in [-0.15, -0.1) is 0 Å². The highest BCUT2D eigenvalue weighted by molar-refractivity contribution is 5.92. The molecule has 0 aliphatic carbocycles. The highest BCUT2D eigenvalue weighted by Crippen LogP contribution is 2.33. The lowest BCUT2D eigenvalue weighted by Crippen LogP contribution is -2.48. The molecule has 1 aliphatic rings. The van der Waals surface area contributed by atoms with E-state index in [2.05, 4.69) is 39.3 Å². The Kier molecular flexibility index (Phi) is 2.83. The molecule has 0 N–H and O–H groups in total. The summed E-state index contributed by atoms with van der Waals surface area (Å²) in [5.41, 5.74) is 3.91. The third kappa shape index (κ3) is 2.01. The average Bonchev–Trinajstić information content (AvgIpc) is 2.94. The number of hydrogen-bond donors (Lipinski definition) is 0. The van der Waals surface area contributed by atoms with E-state index in [0.717, 1.165) is 24.3 Å². The van der Waals surface area contributed by atoms with Gasteiger partial charge in [-0.05, 0) is 19.1 Å². The van der Waals surface area contributed by atoms with Crippen LogP contribution < -0.4 is 4.90 Å². The van der Waals surface area contributed by atoms with Crippen molar-refractivity contribution in [3.8, 4) is 6.07 Å². The molecule has 1 fully saturated rings. The van der Waals surface area contributed by atoms with Gasteiger partial charge < -0.3 is 4.90 Å². The van der Waals surface area contributed by atoms with Gasteiger partial charge in [0.1, 0.15) is 6.07 Å². The Morgan fingerprint density at radius 3 is 2.86 bits per heavy atom. The summed E-state index contributed by atoms with van der Waals surface area (Å²) in [6.07, 6.45) is 3.44. The summed E-state index contributed by atoms with van der Waals surface area (Å²) in [5.74, 6) is 0. The molecule has 108 valence electrons. The van der Waals surface area contributed by atoms with Crippen molar-refractivity contribution >= 4 is 16.6 Å². The third-order valence-electron chi connectivity index (χ3n) is 4.13. The first-order chi connectivity index (χ1) is 10.7. The molecule has 3 aromatic rings. The van der Waals surface area contributed by atoms with Crippen molar-refractivity contribution in [1.82, 2.24) is 14.8 Å². The molecule has 1 aliphatic heterocycles. The van der Waals surface area contributed by atoms with Gasteiger partial charge >= 0.3 is 0 Å². The Balaban J connectivity index is 1.61. The van der Waals surface area contributed by atoms with E-state index in [1.807, 2.05) is 29.9 Å². The van der Waals surface area contributed by atoms with Crippen LogP contribution in [0, 0.1) is 18.3 Å². The maximum absolute atomic E-state index is 8.88. The van der Waals surface area contributed by atoms with Crippen molar-refractivity contribution in [3.63, 3.8) is 0 Å². The minimum absolute atomic E-state index is 0.328. The number of nitriles is 1. The molecule has 1 aromatic carbocycles. The van der Waals surface area contributed by atoms with E-state index < -0.39 is 0 Å². The van der Waals surface area contributed by atoms with Gasteiger partial charge in [-0.25, -0.2) is 0 Å². The Morgan fingerprint density at radius 2 is 2.09 bits per heavy atom. The van der Waals surface area contributed by atoms with Crippen LogP contribution in [0.15, 0.2) is 42.7 Å². The lowest BCUT2D eigenvalue weighted by atomic mass is 10.0. The van der Waals surface area contributed by atoms with Crippen molar-refractivity contribution in [1.29, 1.82) is 5.26 Å². The summed E-state index contributed by atoms with van der Waals surface area (Å²) in [6, 6.07) is 12.8. The summed E-state index contributed by atoms with van der Waals surface area (Å²) < 4.78 is 1.89. The molecule has 5 heteroatoms. The van der Waals surface area contributed by atoms with Crippen LogP contribution in [0.5, 0.6) is 0 Å². The highest BCUT2D eigenvalue weighted by atomic mass is 15.4. The molecular formula is C17H15N5. The lowest BCUT2D eigenvalue weighted by molar-refractivity contribution is 0.369. The van der Waals surface area contributed by atoms with Crippen LogP contribution in [0.1, 0.15) is 17.3 Å². The quantitative estimate of drug-likeness (QED) is 0.728. The fourth-order valence-corrected chi connectivity index (χ4v) is 2.96. The first-order valence-corrected chi connectivity index (χ1v) is 7.30. The predicted octanol–water partition coefficient (Wildman–Crippen LogP) is 2.67. The Hall–Kier alpha value is -2.87. The largest absolute Gasteiger partial charge is 0.366 e. The van der Waals surface area contributed by atoms with E-state index in [9.17, 15) is 0 Å². The second kappa shape index (κ2) is 4.85. The van der Waals surface area contributed by atoms with Gasteiger partial charge in [-0.2, -0.15) is 10.4 Å². The number of para-hydroxylation sites is 1. The highest BCUT2D eigenvalue weighted by Gasteiger charge is 2.30. The van der Waals surface area contributed by atoms with Crippen LogP contribution in [0.2, 0.25) is 0 Å². The molecule has 0 spiro atoms.